The molecular weight excluding hydrogens is 210 g/mol. The number of nitrogen functional groups attached to an aromatic ring is 2. The van der Waals surface area contributed by atoms with Crippen LogP contribution in [0.2, 0.25) is 0 Å². The number of anilines is 2. The maximum Gasteiger partial charge on any atom is 0.0317 e. The number of rotatable bonds is 4. The third-order valence-electron chi connectivity index (χ3n) is 2.59. The minimum atomic E-state index is 0.796. The van der Waals surface area contributed by atoms with Crippen LogP contribution in [0.25, 0.3) is 0 Å². The van der Waals surface area contributed by atoms with Crippen molar-refractivity contribution in [1.82, 2.24) is 5.32 Å². The minimum absolute atomic E-state index is 0.796. The van der Waals surface area contributed by atoms with Gasteiger partial charge in [-0.25, -0.2) is 0 Å². The van der Waals surface area contributed by atoms with Crippen molar-refractivity contribution < 1.29 is 0 Å². The molecular formula is C14H17N3. The first kappa shape index (κ1) is 11.5. The lowest BCUT2D eigenvalue weighted by Gasteiger charge is -2.06. The van der Waals surface area contributed by atoms with Crippen molar-refractivity contribution in [1.29, 1.82) is 0 Å². The van der Waals surface area contributed by atoms with E-state index in [1.54, 1.807) is 0 Å². The molecule has 0 saturated carbocycles. The van der Waals surface area contributed by atoms with Crippen LogP contribution < -0.4 is 16.8 Å². The smallest absolute Gasteiger partial charge is 0.0317 e. The summed E-state index contributed by atoms with van der Waals surface area (Å²) in [6.07, 6.45) is 0. The van der Waals surface area contributed by atoms with Crippen molar-refractivity contribution in [2.75, 3.05) is 11.5 Å². The van der Waals surface area contributed by atoms with Gasteiger partial charge in [-0.3, -0.25) is 0 Å². The van der Waals surface area contributed by atoms with Crippen molar-refractivity contribution in [3.05, 3.63) is 59.7 Å². The Bertz CT molecular complexity index is 477. The van der Waals surface area contributed by atoms with Gasteiger partial charge in [0.1, 0.15) is 0 Å². The van der Waals surface area contributed by atoms with E-state index in [1.807, 2.05) is 42.5 Å². The summed E-state index contributed by atoms with van der Waals surface area (Å²) in [5.41, 5.74) is 15.4. The SMILES string of the molecule is Nc1ccc(CNCc2cccc(N)c2)cc1. The van der Waals surface area contributed by atoms with Crippen molar-refractivity contribution in [2.24, 2.45) is 0 Å². The standard InChI is InChI=1S/C14H17N3/c15-13-6-4-11(5-7-13)9-17-10-12-2-1-3-14(16)8-12/h1-8,17H,9-10,15-16H2. The number of nitrogens with one attached hydrogen (secondary N) is 1. The molecule has 0 aliphatic heterocycles. The molecule has 0 unspecified atom stereocenters. The maximum absolute atomic E-state index is 5.72. The van der Waals surface area contributed by atoms with E-state index >= 15 is 0 Å². The second kappa shape index (κ2) is 5.37. The summed E-state index contributed by atoms with van der Waals surface area (Å²) in [5.74, 6) is 0. The van der Waals surface area contributed by atoms with E-state index < -0.39 is 0 Å². The molecule has 17 heavy (non-hydrogen) atoms. The predicted molar refractivity (Wildman–Crippen MR) is 72.3 cm³/mol. The zero-order chi connectivity index (χ0) is 12.1. The molecule has 0 bridgehead atoms. The molecule has 0 saturated heterocycles. The molecule has 0 heterocycles. The lowest BCUT2D eigenvalue weighted by molar-refractivity contribution is 0.694. The average molecular weight is 227 g/mol. The molecule has 0 fully saturated rings. The van der Waals surface area contributed by atoms with Crippen LogP contribution in [0.1, 0.15) is 11.1 Å². The highest BCUT2D eigenvalue weighted by atomic mass is 14.8. The molecule has 0 spiro atoms. The van der Waals surface area contributed by atoms with Gasteiger partial charge in [-0.1, -0.05) is 24.3 Å². The third-order valence-corrected chi connectivity index (χ3v) is 2.59. The molecule has 0 amide bonds. The molecule has 5 N–H and O–H groups in total. The van der Waals surface area contributed by atoms with Crippen LogP contribution in [-0.2, 0) is 13.1 Å². The highest BCUT2D eigenvalue weighted by Crippen LogP contribution is 2.07. The number of benzene rings is 2. The van der Waals surface area contributed by atoms with E-state index in [9.17, 15) is 0 Å². The molecule has 3 heteroatoms. The second-order valence-electron chi connectivity index (χ2n) is 4.09. The van der Waals surface area contributed by atoms with Gasteiger partial charge >= 0.3 is 0 Å². The molecule has 0 aliphatic rings. The lowest BCUT2D eigenvalue weighted by Crippen LogP contribution is -2.12. The average Bonchev–Trinajstić information content (AvgIpc) is 2.32. The topological polar surface area (TPSA) is 64.1 Å². The van der Waals surface area contributed by atoms with Gasteiger partial charge in [-0.15, -0.1) is 0 Å². The Morgan fingerprint density at radius 2 is 1.47 bits per heavy atom. The first-order valence-corrected chi connectivity index (χ1v) is 5.63. The summed E-state index contributed by atoms with van der Waals surface area (Å²) in [6.45, 7) is 1.64. The Hall–Kier alpha value is -2.00. The molecule has 2 aromatic rings. The van der Waals surface area contributed by atoms with E-state index in [2.05, 4.69) is 11.4 Å². The number of nitrogens with two attached hydrogens (primary N) is 2. The zero-order valence-electron chi connectivity index (χ0n) is 9.69. The highest BCUT2D eigenvalue weighted by molar-refractivity contribution is 5.41. The van der Waals surface area contributed by atoms with Crippen LogP contribution in [0.3, 0.4) is 0 Å². The second-order valence-corrected chi connectivity index (χ2v) is 4.09. The van der Waals surface area contributed by atoms with Gasteiger partial charge in [-0.05, 0) is 35.4 Å². The van der Waals surface area contributed by atoms with Crippen LogP contribution in [-0.4, -0.2) is 0 Å². The van der Waals surface area contributed by atoms with E-state index in [0.29, 0.717) is 0 Å². The molecule has 0 aliphatic carbocycles. The Morgan fingerprint density at radius 1 is 0.765 bits per heavy atom. The van der Waals surface area contributed by atoms with Crippen molar-refractivity contribution in [2.45, 2.75) is 13.1 Å². The normalized spacial score (nSPS) is 10.4. The van der Waals surface area contributed by atoms with Crippen LogP contribution in [0.4, 0.5) is 11.4 Å². The van der Waals surface area contributed by atoms with E-state index in [-0.39, 0.29) is 0 Å². The van der Waals surface area contributed by atoms with E-state index in [1.165, 1.54) is 11.1 Å². The van der Waals surface area contributed by atoms with Gasteiger partial charge in [0.15, 0.2) is 0 Å². The van der Waals surface area contributed by atoms with Crippen LogP contribution in [0.5, 0.6) is 0 Å². The fraction of sp³-hybridized carbons (Fsp3) is 0.143. The summed E-state index contributed by atoms with van der Waals surface area (Å²) in [7, 11) is 0. The van der Waals surface area contributed by atoms with Crippen LogP contribution in [0.15, 0.2) is 48.5 Å². The number of hydrogen-bond donors (Lipinski definition) is 3. The zero-order valence-corrected chi connectivity index (χ0v) is 9.69. The molecule has 0 radical (unpaired) electrons. The molecule has 2 rings (SSSR count). The predicted octanol–water partition coefficient (Wildman–Crippen LogP) is 2.14. The van der Waals surface area contributed by atoms with Gasteiger partial charge in [0, 0.05) is 24.5 Å². The summed E-state index contributed by atoms with van der Waals surface area (Å²) in [6, 6.07) is 15.8. The minimum Gasteiger partial charge on any atom is -0.399 e. The summed E-state index contributed by atoms with van der Waals surface area (Å²) in [5, 5.41) is 3.37. The van der Waals surface area contributed by atoms with Crippen LogP contribution >= 0.6 is 0 Å². The van der Waals surface area contributed by atoms with Gasteiger partial charge in [0.05, 0.1) is 0 Å². The monoisotopic (exact) mass is 227 g/mol. The molecule has 0 aromatic heterocycles. The first-order valence-electron chi connectivity index (χ1n) is 5.63. The first-order chi connectivity index (χ1) is 8.24. The Balaban J connectivity index is 1.85. The lowest BCUT2D eigenvalue weighted by atomic mass is 10.2. The largest absolute Gasteiger partial charge is 0.399 e. The van der Waals surface area contributed by atoms with Crippen molar-refractivity contribution >= 4 is 11.4 Å². The van der Waals surface area contributed by atoms with Gasteiger partial charge < -0.3 is 16.8 Å². The Morgan fingerprint density at radius 3 is 2.18 bits per heavy atom. The van der Waals surface area contributed by atoms with Gasteiger partial charge in [0.25, 0.3) is 0 Å². The fourth-order valence-corrected chi connectivity index (χ4v) is 1.69. The van der Waals surface area contributed by atoms with E-state index in [0.717, 1.165) is 24.5 Å². The van der Waals surface area contributed by atoms with Crippen molar-refractivity contribution in [3.63, 3.8) is 0 Å². The maximum atomic E-state index is 5.72. The molecule has 0 atom stereocenters. The molecule has 3 nitrogen and oxygen atoms in total. The summed E-state index contributed by atoms with van der Waals surface area (Å²) >= 11 is 0. The Kier molecular flexibility index (Phi) is 3.62. The van der Waals surface area contributed by atoms with Crippen molar-refractivity contribution in [3.8, 4) is 0 Å². The Labute approximate surface area is 101 Å². The quantitative estimate of drug-likeness (QED) is 0.701. The molecule has 88 valence electrons. The molecule has 2 aromatic carbocycles. The summed E-state index contributed by atoms with van der Waals surface area (Å²) < 4.78 is 0. The number of hydrogen-bond acceptors (Lipinski definition) is 3. The van der Waals surface area contributed by atoms with Gasteiger partial charge in [-0.2, -0.15) is 0 Å². The van der Waals surface area contributed by atoms with Crippen LogP contribution in [0, 0.1) is 0 Å². The summed E-state index contributed by atoms with van der Waals surface area (Å²) in [4.78, 5) is 0. The third kappa shape index (κ3) is 3.50. The highest BCUT2D eigenvalue weighted by Gasteiger charge is 1.95. The van der Waals surface area contributed by atoms with E-state index in [4.69, 9.17) is 11.5 Å². The fourth-order valence-electron chi connectivity index (χ4n) is 1.69. The van der Waals surface area contributed by atoms with Gasteiger partial charge in [0.2, 0.25) is 0 Å².